The first-order chi connectivity index (χ1) is 31.6. The van der Waals surface area contributed by atoms with Crippen molar-refractivity contribution in [3.8, 4) is 0 Å². The molecule has 2 unspecified atom stereocenters. The number of quaternary nitrogens is 1. The molecule has 0 aromatic heterocycles. The fourth-order valence-corrected chi connectivity index (χ4v) is 6.53. The molecule has 0 saturated heterocycles. The lowest BCUT2D eigenvalue weighted by atomic mass is 10.1. The zero-order valence-corrected chi connectivity index (χ0v) is 41.6. The smallest absolute Gasteiger partial charge is 0.306 e. The maximum absolute atomic E-state index is 12.8. The minimum Gasteiger partial charge on any atom is -0.544 e. The van der Waals surface area contributed by atoms with Gasteiger partial charge in [0.05, 0.1) is 40.3 Å². The van der Waals surface area contributed by atoms with Gasteiger partial charge in [0.25, 0.3) is 0 Å². The van der Waals surface area contributed by atoms with Gasteiger partial charge in [0.1, 0.15) is 12.6 Å². The number of nitrogens with zero attached hydrogens (tertiary/aromatic N) is 1. The minimum absolute atomic E-state index is 0.0135. The molecule has 366 valence electrons. The molecule has 0 spiro atoms. The number of carboxylic acid groups (broad SMARTS) is 1. The number of esters is 2. The highest BCUT2D eigenvalue weighted by Crippen LogP contribution is 2.12. The van der Waals surface area contributed by atoms with E-state index in [4.69, 9.17) is 14.2 Å². The van der Waals surface area contributed by atoms with Crippen LogP contribution in [0.4, 0.5) is 0 Å². The molecule has 0 saturated carbocycles. The summed E-state index contributed by atoms with van der Waals surface area (Å²) in [5, 5.41) is 11.7. The summed E-state index contributed by atoms with van der Waals surface area (Å²) in [6, 6.07) is -0.743. The summed E-state index contributed by atoms with van der Waals surface area (Å²) in [6.07, 6.45) is 65.1. The van der Waals surface area contributed by atoms with Gasteiger partial charge < -0.3 is 28.6 Å². The first-order valence-electron chi connectivity index (χ1n) is 25.1. The molecule has 0 radical (unpaired) electrons. The van der Waals surface area contributed by atoms with Crippen molar-refractivity contribution in [2.24, 2.45) is 0 Å². The predicted molar refractivity (Wildman–Crippen MR) is 272 cm³/mol. The van der Waals surface area contributed by atoms with Crippen LogP contribution < -0.4 is 5.11 Å². The number of likely N-dealkylation sites (N-methyl/N-ethyl adjacent to an activating group) is 1. The van der Waals surface area contributed by atoms with E-state index < -0.39 is 18.1 Å². The van der Waals surface area contributed by atoms with Gasteiger partial charge in [0.2, 0.25) is 0 Å². The molecule has 0 N–H and O–H groups in total. The molecule has 0 rings (SSSR count). The van der Waals surface area contributed by atoms with E-state index in [0.29, 0.717) is 12.8 Å². The van der Waals surface area contributed by atoms with Crippen LogP contribution in [0.15, 0.2) is 122 Å². The number of rotatable bonds is 43. The normalized spacial score (nSPS) is 13.9. The molecule has 0 aliphatic carbocycles. The van der Waals surface area contributed by atoms with Crippen LogP contribution in [-0.2, 0) is 28.6 Å². The molecule has 0 aliphatic heterocycles. The lowest BCUT2D eigenvalue weighted by Gasteiger charge is -2.34. The molecule has 8 heteroatoms. The fraction of sp³-hybridized carbons (Fsp3) is 0.596. The number of carboxylic acids is 1. The number of aliphatic carboxylic acids is 1. The summed E-state index contributed by atoms with van der Waals surface area (Å²) in [6.45, 7) is 4.36. The summed E-state index contributed by atoms with van der Waals surface area (Å²) >= 11 is 0. The van der Waals surface area contributed by atoms with Gasteiger partial charge in [-0.25, -0.2) is 0 Å². The van der Waals surface area contributed by atoms with Crippen LogP contribution >= 0.6 is 0 Å². The Labute approximate surface area is 397 Å². The Bertz CT molecular complexity index is 1470. The summed E-state index contributed by atoms with van der Waals surface area (Å²) in [7, 11) is 5.38. The maximum atomic E-state index is 12.8. The standard InChI is InChI=1S/C57H91NO7/c1-6-8-10-12-14-16-18-20-22-24-26-27-28-30-31-33-35-37-39-41-43-45-47-55(59)64-52-53(51-63-50-49-54(57(61)62)58(3,4)5)65-56(60)48-46-44-42-40-38-36-34-32-29-25-23-21-19-17-15-13-11-9-7-2/h8-11,14-17,20-23,26-27,29-32,36,38,53-54H,6-7,12-13,18-19,24-25,28,33-35,37,39-52H2,1-5H3/b10-8+,11-9+,16-14+,17-15+,22-20+,23-21+,27-26+,31-30+,32-29+,38-36+. The van der Waals surface area contributed by atoms with Crippen molar-refractivity contribution >= 4 is 17.9 Å². The number of allylic oxidation sites excluding steroid dienone is 20. The summed E-state index contributed by atoms with van der Waals surface area (Å²) < 4.78 is 17.2. The second-order valence-corrected chi connectivity index (χ2v) is 17.3. The van der Waals surface area contributed by atoms with Gasteiger partial charge in [-0.15, -0.1) is 0 Å². The molecule has 0 aliphatic rings. The van der Waals surface area contributed by atoms with E-state index in [-0.39, 0.29) is 49.1 Å². The quantitative estimate of drug-likeness (QED) is 0.0260. The summed E-state index contributed by atoms with van der Waals surface area (Å²) in [5.41, 5.74) is 0. The average molecular weight is 902 g/mol. The largest absolute Gasteiger partial charge is 0.544 e. The third-order valence-corrected chi connectivity index (χ3v) is 10.3. The Morgan fingerprint density at radius 2 is 0.815 bits per heavy atom. The van der Waals surface area contributed by atoms with Gasteiger partial charge >= 0.3 is 11.9 Å². The van der Waals surface area contributed by atoms with Crippen LogP contribution in [0.25, 0.3) is 0 Å². The second kappa shape index (κ2) is 46.3. The predicted octanol–water partition coefficient (Wildman–Crippen LogP) is 13.2. The van der Waals surface area contributed by atoms with Gasteiger partial charge in [-0.05, 0) is 103 Å². The monoisotopic (exact) mass is 902 g/mol. The molecular formula is C57H91NO7. The van der Waals surface area contributed by atoms with Crippen molar-refractivity contribution in [3.05, 3.63) is 122 Å². The molecule has 0 bridgehead atoms. The molecule has 2 atom stereocenters. The SMILES string of the molecule is CC/C=C/C/C=C/C/C=C/C/C=C/C/C=C/CCCCCCCCC(=O)OCC(COCCC(C(=O)[O-])[N+](C)(C)C)OC(=O)CCCCC/C=C/C/C=C/C/C=C/C/C=C/C/C=C/CC. The minimum atomic E-state index is -1.14. The van der Waals surface area contributed by atoms with Crippen molar-refractivity contribution in [2.45, 2.75) is 180 Å². The van der Waals surface area contributed by atoms with E-state index in [9.17, 15) is 19.5 Å². The first kappa shape index (κ1) is 60.7. The molecule has 0 heterocycles. The Morgan fingerprint density at radius 3 is 1.22 bits per heavy atom. The molecule has 0 aromatic carbocycles. The Balaban J connectivity index is 4.38. The molecule has 0 fully saturated rings. The second-order valence-electron chi connectivity index (χ2n) is 17.3. The van der Waals surface area contributed by atoms with Gasteiger partial charge in [-0.1, -0.05) is 167 Å². The fourth-order valence-electron chi connectivity index (χ4n) is 6.53. The van der Waals surface area contributed by atoms with Crippen molar-refractivity contribution in [1.82, 2.24) is 0 Å². The van der Waals surface area contributed by atoms with Gasteiger partial charge in [-0.3, -0.25) is 9.59 Å². The van der Waals surface area contributed by atoms with Gasteiger partial charge in [0.15, 0.2) is 6.10 Å². The van der Waals surface area contributed by atoms with E-state index in [2.05, 4.69) is 135 Å². The highest BCUT2D eigenvalue weighted by Gasteiger charge is 2.25. The molecule has 8 nitrogen and oxygen atoms in total. The number of unbranched alkanes of at least 4 members (excludes halogenated alkanes) is 9. The average Bonchev–Trinajstić information content (AvgIpc) is 3.27. The highest BCUT2D eigenvalue weighted by atomic mass is 16.6. The summed E-state index contributed by atoms with van der Waals surface area (Å²) in [4.78, 5) is 37.0. The number of hydrogen-bond donors (Lipinski definition) is 0. The number of carbonyl (C=O) groups excluding carboxylic acids is 3. The van der Waals surface area contributed by atoms with Gasteiger partial charge in [0, 0.05) is 19.3 Å². The molecule has 0 aromatic rings. The molecule has 65 heavy (non-hydrogen) atoms. The van der Waals surface area contributed by atoms with Crippen LogP contribution in [0.3, 0.4) is 0 Å². The van der Waals surface area contributed by atoms with Crippen LogP contribution in [0.2, 0.25) is 0 Å². The van der Waals surface area contributed by atoms with E-state index in [1.807, 2.05) is 0 Å². The topological polar surface area (TPSA) is 102 Å². The Morgan fingerprint density at radius 1 is 0.462 bits per heavy atom. The third-order valence-electron chi connectivity index (χ3n) is 10.3. The highest BCUT2D eigenvalue weighted by molar-refractivity contribution is 5.70. The van der Waals surface area contributed by atoms with Crippen molar-refractivity contribution in [2.75, 3.05) is 41.0 Å². The Hall–Kier alpha value is -4.27. The van der Waals surface area contributed by atoms with E-state index in [0.717, 1.165) is 116 Å². The van der Waals surface area contributed by atoms with Crippen LogP contribution in [0.5, 0.6) is 0 Å². The van der Waals surface area contributed by atoms with Crippen LogP contribution in [0, 0.1) is 0 Å². The third kappa shape index (κ3) is 44.7. The Kier molecular flexibility index (Phi) is 43.2. The van der Waals surface area contributed by atoms with E-state index in [1.165, 1.54) is 12.8 Å². The maximum Gasteiger partial charge on any atom is 0.306 e. The zero-order chi connectivity index (χ0) is 47.7. The lowest BCUT2D eigenvalue weighted by molar-refractivity contribution is -0.889. The number of ether oxygens (including phenoxy) is 3. The van der Waals surface area contributed by atoms with Crippen LogP contribution in [0.1, 0.15) is 168 Å². The molecular weight excluding hydrogens is 811 g/mol. The zero-order valence-electron chi connectivity index (χ0n) is 41.6. The summed E-state index contributed by atoms with van der Waals surface area (Å²) in [5.74, 6) is -1.81. The number of carbonyl (C=O) groups is 3. The van der Waals surface area contributed by atoms with Gasteiger partial charge in [-0.2, -0.15) is 0 Å². The van der Waals surface area contributed by atoms with E-state index in [1.54, 1.807) is 21.1 Å². The van der Waals surface area contributed by atoms with E-state index >= 15 is 0 Å². The van der Waals surface area contributed by atoms with Crippen LogP contribution in [-0.4, -0.2) is 75.5 Å². The first-order valence-corrected chi connectivity index (χ1v) is 25.1. The lowest BCUT2D eigenvalue weighted by Crippen LogP contribution is -2.55. The molecule has 0 amide bonds. The van der Waals surface area contributed by atoms with Crippen molar-refractivity contribution in [1.29, 1.82) is 0 Å². The van der Waals surface area contributed by atoms with Crippen molar-refractivity contribution < 1.29 is 38.2 Å². The number of hydrogen-bond acceptors (Lipinski definition) is 7. The van der Waals surface area contributed by atoms with Crippen molar-refractivity contribution in [3.63, 3.8) is 0 Å².